The number of rotatable bonds is 5. The third-order valence-corrected chi connectivity index (χ3v) is 7.22. The number of nitrogens with one attached hydrogen (secondary N) is 1. The lowest BCUT2D eigenvalue weighted by Gasteiger charge is -2.25. The normalized spacial score (nSPS) is 15.4. The molecule has 1 aromatic carbocycles. The van der Waals surface area contributed by atoms with Gasteiger partial charge in [-0.1, -0.05) is 29.0 Å². The summed E-state index contributed by atoms with van der Waals surface area (Å²) in [5, 5.41) is 5.47. The zero-order valence-corrected chi connectivity index (χ0v) is 19.5. The van der Waals surface area contributed by atoms with E-state index in [-0.39, 0.29) is 40.2 Å². The summed E-state index contributed by atoms with van der Waals surface area (Å²) in [7, 11) is 1.68. The van der Waals surface area contributed by atoms with Gasteiger partial charge in [-0.2, -0.15) is 0 Å². The molecule has 166 valence electrons. The van der Waals surface area contributed by atoms with Gasteiger partial charge in [-0.05, 0) is 19.1 Å². The molecule has 1 aliphatic carbocycles. The van der Waals surface area contributed by atoms with Crippen molar-refractivity contribution in [1.82, 2.24) is 14.9 Å². The SMILES string of the molecule is Cc1nc(CN(C)C(=O)[C@H]2CC(=O)c3sc(NC(=O)c4c(F)cccc4Cl)nc3C2)cs1. The Labute approximate surface area is 196 Å². The van der Waals surface area contributed by atoms with Crippen molar-refractivity contribution in [1.29, 1.82) is 0 Å². The third-order valence-electron chi connectivity index (χ3n) is 5.02. The van der Waals surface area contributed by atoms with Crippen LogP contribution in [0, 0.1) is 18.7 Å². The van der Waals surface area contributed by atoms with Gasteiger partial charge in [0.2, 0.25) is 5.91 Å². The van der Waals surface area contributed by atoms with Crippen LogP contribution in [0.5, 0.6) is 0 Å². The van der Waals surface area contributed by atoms with Gasteiger partial charge in [0.1, 0.15) is 5.82 Å². The van der Waals surface area contributed by atoms with E-state index in [1.165, 1.54) is 23.5 Å². The van der Waals surface area contributed by atoms with E-state index in [9.17, 15) is 18.8 Å². The molecule has 0 radical (unpaired) electrons. The second-order valence-corrected chi connectivity index (χ2v) is 9.89. The summed E-state index contributed by atoms with van der Waals surface area (Å²) < 4.78 is 14.0. The molecular formula is C21H18ClFN4O3S2. The van der Waals surface area contributed by atoms with Gasteiger partial charge in [-0.3, -0.25) is 19.7 Å². The second kappa shape index (κ2) is 9.05. The molecule has 2 aromatic heterocycles. The average molecular weight is 493 g/mol. The zero-order chi connectivity index (χ0) is 23.0. The van der Waals surface area contributed by atoms with Crippen LogP contribution in [0.2, 0.25) is 5.02 Å². The maximum Gasteiger partial charge on any atom is 0.261 e. The first-order valence-corrected chi connectivity index (χ1v) is 11.7. The smallest absolute Gasteiger partial charge is 0.261 e. The van der Waals surface area contributed by atoms with Crippen LogP contribution in [-0.2, 0) is 17.8 Å². The number of thiazole rings is 2. The maximum atomic E-state index is 14.0. The first-order chi connectivity index (χ1) is 15.2. The molecule has 2 heterocycles. The van der Waals surface area contributed by atoms with E-state index in [0.29, 0.717) is 17.1 Å². The fourth-order valence-electron chi connectivity index (χ4n) is 3.55. The first-order valence-electron chi connectivity index (χ1n) is 9.67. The van der Waals surface area contributed by atoms with E-state index in [0.717, 1.165) is 28.1 Å². The minimum absolute atomic E-state index is 0.0242. The van der Waals surface area contributed by atoms with E-state index >= 15 is 0 Å². The number of hydrogen-bond donors (Lipinski definition) is 1. The van der Waals surface area contributed by atoms with Gasteiger partial charge >= 0.3 is 0 Å². The molecule has 0 saturated heterocycles. The highest BCUT2D eigenvalue weighted by Crippen LogP contribution is 2.33. The molecule has 0 aliphatic heterocycles. The molecule has 0 spiro atoms. The highest BCUT2D eigenvalue weighted by molar-refractivity contribution is 7.17. The number of amides is 2. The maximum absolute atomic E-state index is 14.0. The molecular weight excluding hydrogens is 475 g/mol. The Kier molecular flexibility index (Phi) is 6.36. The minimum Gasteiger partial charge on any atom is -0.340 e. The summed E-state index contributed by atoms with van der Waals surface area (Å²) in [6.07, 6.45) is 0.355. The number of fused-ring (bicyclic) bond motifs is 1. The molecule has 0 saturated carbocycles. The van der Waals surface area contributed by atoms with Crippen molar-refractivity contribution in [2.75, 3.05) is 12.4 Å². The van der Waals surface area contributed by atoms with Crippen LogP contribution in [0.1, 0.15) is 42.8 Å². The average Bonchev–Trinajstić information content (AvgIpc) is 3.32. The molecule has 32 heavy (non-hydrogen) atoms. The van der Waals surface area contributed by atoms with E-state index in [2.05, 4.69) is 15.3 Å². The monoisotopic (exact) mass is 492 g/mol. The number of aromatic nitrogens is 2. The summed E-state index contributed by atoms with van der Waals surface area (Å²) in [6, 6.07) is 3.95. The van der Waals surface area contributed by atoms with Gasteiger partial charge in [0, 0.05) is 25.3 Å². The van der Waals surface area contributed by atoms with Gasteiger partial charge < -0.3 is 4.90 Å². The van der Waals surface area contributed by atoms with Gasteiger partial charge in [-0.25, -0.2) is 14.4 Å². The van der Waals surface area contributed by atoms with Crippen LogP contribution in [0.4, 0.5) is 9.52 Å². The Morgan fingerprint density at radius 2 is 2.09 bits per heavy atom. The van der Waals surface area contributed by atoms with Crippen LogP contribution >= 0.6 is 34.3 Å². The topological polar surface area (TPSA) is 92.3 Å². The summed E-state index contributed by atoms with van der Waals surface area (Å²) in [5.74, 6) is -2.41. The highest BCUT2D eigenvalue weighted by Gasteiger charge is 2.34. The minimum atomic E-state index is -0.753. The first kappa shape index (κ1) is 22.5. The number of anilines is 1. The lowest BCUT2D eigenvalue weighted by molar-refractivity contribution is -0.134. The van der Waals surface area contributed by atoms with E-state index < -0.39 is 17.6 Å². The zero-order valence-electron chi connectivity index (χ0n) is 17.1. The Hall–Kier alpha value is -2.69. The van der Waals surface area contributed by atoms with Gasteiger partial charge in [0.25, 0.3) is 5.91 Å². The van der Waals surface area contributed by atoms with Crippen LogP contribution < -0.4 is 5.32 Å². The molecule has 7 nitrogen and oxygen atoms in total. The number of carbonyl (C=O) groups excluding carboxylic acids is 3. The Morgan fingerprint density at radius 1 is 1.31 bits per heavy atom. The fraction of sp³-hybridized carbons (Fsp3) is 0.286. The molecule has 1 aliphatic rings. The van der Waals surface area contributed by atoms with Crippen molar-refractivity contribution < 1.29 is 18.8 Å². The summed E-state index contributed by atoms with van der Waals surface area (Å²) in [4.78, 5) is 48.7. The Morgan fingerprint density at radius 3 is 2.78 bits per heavy atom. The number of halogens is 2. The van der Waals surface area contributed by atoms with Crippen molar-refractivity contribution >= 4 is 57.0 Å². The number of carbonyl (C=O) groups is 3. The number of benzene rings is 1. The summed E-state index contributed by atoms with van der Waals surface area (Å²) >= 11 is 8.47. The lowest BCUT2D eigenvalue weighted by Crippen LogP contribution is -2.36. The fourth-order valence-corrected chi connectivity index (χ4v) is 5.34. The molecule has 4 rings (SSSR count). The molecule has 0 unspecified atom stereocenters. The van der Waals surface area contributed by atoms with Crippen molar-refractivity contribution in [2.24, 2.45) is 5.92 Å². The molecule has 1 atom stereocenters. The number of Topliss-reactive ketones (excluding diaryl/α,β-unsaturated/α-hetero) is 1. The predicted molar refractivity (Wildman–Crippen MR) is 121 cm³/mol. The summed E-state index contributed by atoms with van der Waals surface area (Å²) in [5.41, 5.74) is 0.967. The number of aryl methyl sites for hydroxylation is 1. The van der Waals surface area contributed by atoms with Crippen LogP contribution in [0.3, 0.4) is 0 Å². The quantitative estimate of drug-likeness (QED) is 0.571. The Balaban J connectivity index is 1.47. The lowest BCUT2D eigenvalue weighted by atomic mass is 9.89. The highest BCUT2D eigenvalue weighted by atomic mass is 35.5. The molecule has 0 fully saturated rings. The molecule has 0 bridgehead atoms. The van der Waals surface area contributed by atoms with Crippen LogP contribution in [-0.4, -0.2) is 39.5 Å². The van der Waals surface area contributed by atoms with E-state index in [4.69, 9.17) is 11.6 Å². The standard InChI is InChI=1S/C21H18ClFN4O3S2/c1-10-24-12(9-31-10)8-27(2)20(30)11-6-15-18(16(28)7-11)32-21(25-15)26-19(29)17-13(22)4-3-5-14(17)23/h3-5,9,11H,6-8H2,1-2H3,(H,25,26,29)/t11-/m1/s1. The van der Waals surface area contributed by atoms with Crippen molar-refractivity contribution in [3.05, 3.63) is 61.3 Å². The summed E-state index contributed by atoms with van der Waals surface area (Å²) in [6.45, 7) is 2.26. The third kappa shape index (κ3) is 4.57. The van der Waals surface area contributed by atoms with E-state index in [1.807, 2.05) is 12.3 Å². The van der Waals surface area contributed by atoms with Gasteiger partial charge in [0.15, 0.2) is 10.9 Å². The number of hydrogen-bond acceptors (Lipinski definition) is 7. The number of nitrogens with zero attached hydrogens (tertiary/aromatic N) is 3. The molecule has 1 N–H and O–H groups in total. The van der Waals surface area contributed by atoms with Gasteiger partial charge in [0.05, 0.1) is 44.3 Å². The molecule has 2 amide bonds. The molecule has 3 aromatic rings. The predicted octanol–water partition coefficient (Wildman–Crippen LogP) is 4.36. The van der Waals surface area contributed by atoms with Crippen molar-refractivity contribution in [3.8, 4) is 0 Å². The van der Waals surface area contributed by atoms with Crippen LogP contribution in [0.15, 0.2) is 23.6 Å². The largest absolute Gasteiger partial charge is 0.340 e. The van der Waals surface area contributed by atoms with Gasteiger partial charge in [-0.15, -0.1) is 11.3 Å². The second-order valence-electron chi connectivity index (χ2n) is 7.43. The number of ketones is 1. The van der Waals surface area contributed by atoms with Crippen LogP contribution in [0.25, 0.3) is 0 Å². The van der Waals surface area contributed by atoms with E-state index in [1.54, 1.807) is 11.9 Å². The Bertz CT molecular complexity index is 1210. The van der Waals surface area contributed by atoms with Crippen molar-refractivity contribution in [2.45, 2.75) is 26.3 Å². The van der Waals surface area contributed by atoms with Crippen molar-refractivity contribution in [3.63, 3.8) is 0 Å². The molecule has 11 heteroatoms.